The van der Waals surface area contributed by atoms with Crippen molar-refractivity contribution < 1.29 is 24.1 Å². The molecular weight excluding hydrogens is 444 g/mol. The fourth-order valence-corrected chi connectivity index (χ4v) is 3.52. The summed E-state index contributed by atoms with van der Waals surface area (Å²) in [7, 11) is 3.30. The number of ether oxygens (including phenoxy) is 3. The zero-order valence-corrected chi connectivity index (χ0v) is 21.8. The normalized spacial score (nSPS) is 14.6. The number of alkyl halides is 1. The first kappa shape index (κ1) is 29.5. The number of hydrogen-bond donors (Lipinski definition) is 3. The van der Waals surface area contributed by atoms with Crippen LogP contribution in [0.3, 0.4) is 0 Å². The number of carbonyl (C=O) groups is 1. The third kappa shape index (κ3) is 10.1. The fraction of sp³-hybridized carbons (Fsp3) is 0.720. The van der Waals surface area contributed by atoms with Gasteiger partial charge in [-0.15, -0.1) is 11.6 Å². The first-order valence-electron chi connectivity index (χ1n) is 11.6. The van der Waals surface area contributed by atoms with Gasteiger partial charge in [-0.05, 0) is 56.2 Å². The molecule has 1 aromatic carbocycles. The van der Waals surface area contributed by atoms with Crippen LogP contribution in [0.25, 0.3) is 0 Å². The van der Waals surface area contributed by atoms with E-state index in [0.29, 0.717) is 37.1 Å². The molecule has 0 saturated carbocycles. The standard InChI is InChI=1S/C25H43ClN2O5/c1-17(2)19(14-20(27)21(29)15-28-24(30)25(3,4)16-26)12-18-8-9-22(32-6)23(13-18)33-11-7-10-31-5/h8-9,13,17,19-21,29H,7,10-12,14-16,27H2,1-6H3,(H,28,30). The van der Waals surface area contributed by atoms with Crippen LogP contribution in [-0.2, 0) is 16.0 Å². The summed E-state index contributed by atoms with van der Waals surface area (Å²) in [5.41, 5.74) is 6.75. The van der Waals surface area contributed by atoms with Crippen LogP contribution >= 0.6 is 11.6 Å². The SMILES string of the molecule is COCCCOc1cc(CC(CC(N)C(O)CNC(=O)C(C)(C)CCl)C(C)C)ccc1OC. The van der Waals surface area contributed by atoms with Crippen molar-refractivity contribution in [3.8, 4) is 11.5 Å². The van der Waals surface area contributed by atoms with Crippen molar-refractivity contribution in [2.75, 3.05) is 39.9 Å². The Labute approximate surface area is 204 Å². The number of carbonyl (C=O) groups excluding carboxylic acids is 1. The molecule has 190 valence electrons. The number of methoxy groups -OCH3 is 2. The summed E-state index contributed by atoms with van der Waals surface area (Å²) in [6.45, 7) is 9.13. The second-order valence-electron chi connectivity index (χ2n) is 9.58. The maximum absolute atomic E-state index is 12.2. The molecule has 3 atom stereocenters. The van der Waals surface area contributed by atoms with Gasteiger partial charge in [0.15, 0.2) is 11.5 Å². The van der Waals surface area contributed by atoms with Crippen molar-refractivity contribution >= 4 is 17.5 Å². The van der Waals surface area contributed by atoms with Gasteiger partial charge in [-0.1, -0.05) is 19.9 Å². The van der Waals surface area contributed by atoms with E-state index in [2.05, 4.69) is 19.2 Å². The van der Waals surface area contributed by atoms with Gasteiger partial charge in [0.25, 0.3) is 0 Å². The van der Waals surface area contributed by atoms with E-state index in [1.165, 1.54) is 0 Å². The average Bonchev–Trinajstić information content (AvgIpc) is 2.79. The van der Waals surface area contributed by atoms with Crippen LogP contribution in [0.2, 0.25) is 0 Å². The Balaban J connectivity index is 2.76. The van der Waals surface area contributed by atoms with Gasteiger partial charge in [0.1, 0.15) is 0 Å². The van der Waals surface area contributed by atoms with E-state index in [1.807, 2.05) is 18.2 Å². The molecule has 0 heterocycles. The van der Waals surface area contributed by atoms with Crippen LogP contribution in [0.5, 0.6) is 11.5 Å². The van der Waals surface area contributed by atoms with Crippen molar-refractivity contribution in [3.63, 3.8) is 0 Å². The number of nitrogens with one attached hydrogen (secondary N) is 1. The zero-order valence-electron chi connectivity index (χ0n) is 21.0. The highest BCUT2D eigenvalue weighted by atomic mass is 35.5. The third-order valence-electron chi connectivity index (χ3n) is 5.91. The molecule has 0 radical (unpaired) electrons. The lowest BCUT2D eigenvalue weighted by Gasteiger charge is -2.28. The maximum Gasteiger partial charge on any atom is 0.226 e. The molecule has 4 N–H and O–H groups in total. The van der Waals surface area contributed by atoms with E-state index in [9.17, 15) is 9.90 Å². The summed E-state index contributed by atoms with van der Waals surface area (Å²) in [5.74, 6) is 2.03. The van der Waals surface area contributed by atoms with Crippen molar-refractivity contribution in [2.24, 2.45) is 23.0 Å². The van der Waals surface area contributed by atoms with Crippen LogP contribution in [0.1, 0.15) is 46.1 Å². The summed E-state index contributed by atoms with van der Waals surface area (Å²) >= 11 is 5.85. The molecule has 0 aliphatic carbocycles. The van der Waals surface area contributed by atoms with Crippen LogP contribution in [0, 0.1) is 17.3 Å². The Morgan fingerprint density at radius 2 is 1.91 bits per heavy atom. The zero-order chi connectivity index (χ0) is 25.0. The number of hydrogen-bond acceptors (Lipinski definition) is 6. The lowest BCUT2D eigenvalue weighted by molar-refractivity contribution is -0.128. The third-order valence-corrected chi connectivity index (χ3v) is 6.58. The molecule has 1 rings (SSSR count). The van der Waals surface area contributed by atoms with E-state index in [1.54, 1.807) is 28.1 Å². The van der Waals surface area contributed by atoms with E-state index >= 15 is 0 Å². The molecule has 0 saturated heterocycles. The monoisotopic (exact) mass is 486 g/mol. The van der Waals surface area contributed by atoms with E-state index in [-0.39, 0.29) is 24.2 Å². The predicted molar refractivity (Wildman–Crippen MR) is 133 cm³/mol. The number of benzene rings is 1. The Bertz CT molecular complexity index is 714. The number of halogens is 1. The van der Waals surface area contributed by atoms with E-state index in [4.69, 9.17) is 31.5 Å². The van der Waals surface area contributed by atoms with Crippen molar-refractivity contribution in [2.45, 2.75) is 59.1 Å². The van der Waals surface area contributed by atoms with Gasteiger partial charge in [0.05, 0.1) is 25.2 Å². The molecule has 0 aliphatic rings. The summed E-state index contributed by atoms with van der Waals surface area (Å²) in [4.78, 5) is 12.2. The summed E-state index contributed by atoms with van der Waals surface area (Å²) < 4.78 is 16.4. The number of aliphatic hydroxyl groups is 1. The largest absolute Gasteiger partial charge is 0.493 e. The molecule has 8 heteroatoms. The molecule has 7 nitrogen and oxygen atoms in total. The number of amides is 1. The highest BCUT2D eigenvalue weighted by molar-refractivity contribution is 6.19. The van der Waals surface area contributed by atoms with Crippen LogP contribution < -0.4 is 20.5 Å². The second-order valence-corrected chi connectivity index (χ2v) is 9.85. The molecule has 1 aromatic rings. The fourth-order valence-electron chi connectivity index (χ4n) is 3.40. The molecule has 0 fully saturated rings. The molecule has 0 spiro atoms. The lowest BCUT2D eigenvalue weighted by atomic mass is 9.83. The Kier molecular flexibility index (Phi) is 13.1. The van der Waals surface area contributed by atoms with Crippen LogP contribution in [0.4, 0.5) is 0 Å². The smallest absolute Gasteiger partial charge is 0.226 e. The minimum absolute atomic E-state index is 0.104. The van der Waals surface area contributed by atoms with Gasteiger partial charge in [-0.25, -0.2) is 0 Å². The molecule has 33 heavy (non-hydrogen) atoms. The minimum Gasteiger partial charge on any atom is -0.493 e. The molecule has 1 amide bonds. The summed E-state index contributed by atoms with van der Waals surface area (Å²) in [6, 6.07) is 5.51. The first-order chi connectivity index (χ1) is 15.5. The summed E-state index contributed by atoms with van der Waals surface area (Å²) in [5, 5.41) is 13.3. The number of rotatable bonds is 16. The minimum atomic E-state index is -0.836. The van der Waals surface area contributed by atoms with Gasteiger partial charge in [-0.3, -0.25) is 4.79 Å². The maximum atomic E-state index is 12.2. The Hall–Kier alpha value is -1.54. The van der Waals surface area contributed by atoms with Crippen LogP contribution in [-0.4, -0.2) is 63.0 Å². The second kappa shape index (κ2) is 14.7. The van der Waals surface area contributed by atoms with Gasteiger partial charge in [0, 0.05) is 38.6 Å². The quantitative estimate of drug-likeness (QED) is 0.244. The lowest BCUT2D eigenvalue weighted by Crippen LogP contribution is -2.47. The topological polar surface area (TPSA) is 103 Å². The van der Waals surface area contributed by atoms with Gasteiger partial charge in [0.2, 0.25) is 5.91 Å². The van der Waals surface area contributed by atoms with Crippen molar-refractivity contribution in [1.29, 1.82) is 0 Å². The van der Waals surface area contributed by atoms with Crippen LogP contribution in [0.15, 0.2) is 18.2 Å². The van der Waals surface area contributed by atoms with Gasteiger partial charge >= 0.3 is 0 Å². The summed E-state index contributed by atoms with van der Waals surface area (Å²) in [6.07, 6.45) is 1.38. The number of nitrogens with two attached hydrogens (primary N) is 1. The molecule has 0 aliphatic heterocycles. The number of aliphatic hydroxyl groups excluding tert-OH is 1. The Morgan fingerprint density at radius 3 is 2.48 bits per heavy atom. The molecular formula is C25H43ClN2O5. The molecule has 0 bridgehead atoms. The van der Waals surface area contributed by atoms with E-state index < -0.39 is 17.6 Å². The van der Waals surface area contributed by atoms with E-state index in [0.717, 1.165) is 18.4 Å². The van der Waals surface area contributed by atoms with Crippen molar-refractivity contribution in [3.05, 3.63) is 23.8 Å². The van der Waals surface area contributed by atoms with Crippen molar-refractivity contribution in [1.82, 2.24) is 5.32 Å². The highest BCUT2D eigenvalue weighted by Crippen LogP contribution is 2.31. The highest BCUT2D eigenvalue weighted by Gasteiger charge is 2.28. The van der Waals surface area contributed by atoms with Gasteiger partial charge in [-0.2, -0.15) is 0 Å². The molecule has 0 aromatic heterocycles. The predicted octanol–water partition coefficient (Wildman–Crippen LogP) is 3.38. The van der Waals surface area contributed by atoms with Gasteiger partial charge < -0.3 is 30.4 Å². The Morgan fingerprint density at radius 1 is 1.21 bits per heavy atom. The first-order valence-corrected chi connectivity index (χ1v) is 12.2. The molecule has 3 unspecified atom stereocenters. The average molecular weight is 487 g/mol.